The average molecular weight is 406 g/mol. The molecule has 0 bridgehead atoms. The van der Waals surface area contributed by atoms with Crippen LogP contribution in [0.3, 0.4) is 0 Å². The molecule has 1 aromatic heterocycles. The fraction of sp³-hybridized carbons (Fsp3) is 0.762. The molecule has 3 rings (SSSR count). The standard InChI is InChI=1S/C21H35N5O3/c1-15-19(16(2)29-23-15)13-22-18-7-5-6-17(12-20(27)25(4)14-18)21(28)26-10-8-24(3)9-11-26/h17-18,22H,5-14H2,1-4H3. The molecular formula is C21H35N5O3. The average Bonchev–Trinajstić information content (AvgIpc) is 3.04. The van der Waals surface area contributed by atoms with Gasteiger partial charge in [-0.2, -0.15) is 0 Å². The summed E-state index contributed by atoms with van der Waals surface area (Å²) in [5, 5.41) is 7.58. The van der Waals surface area contributed by atoms with Crippen molar-refractivity contribution < 1.29 is 14.1 Å². The maximum Gasteiger partial charge on any atom is 0.226 e. The van der Waals surface area contributed by atoms with Gasteiger partial charge in [0.15, 0.2) is 0 Å². The molecule has 1 N–H and O–H groups in total. The third kappa shape index (κ3) is 5.57. The summed E-state index contributed by atoms with van der Waals surface area (Å²) in [6, 6.07) is 0.190. The van der Waals surface area contributed by atoms with Crippen molar-refractivity contribution in [1.29, 1.82) is 0 Å². The first kappa shape index (κ1) is 21.8. The van der Waals surface area contributed by atoms with Gasteiger partial charge in [-0.25, -0.2) is 0 Å². The predicted octanol–water partition coefficient (Wildman–Crippen LogP) is 1.17. The minimum Gasteiger partial charge on any atom is -0.361 e. The molecule has 0 aliphatic carbocycles. The van der Waals surface area contributed by atoms with Gasteiger partial charge in [-0.1, -0.05) is 11.6 Å². The van der Waals surface area contributed by atoms with E-state index in [2.05, 4.69) is 22.4 Å². The van der Waals surface area contributed by atoms with Crippen LogP contribution >= 0.6 is 0 Å². The number of nitrogens with one attached hydrogen (secondary N) is 1. The highest BCUT2D eigenvalue weighted by atomic mass is 16.5. The van der Waals surface area contributed by atoms with E-state index in [4.69, 9.17) is 4.52 Å². The molecule has 8 heteroatoms. The Bertz CT molecular complexity index is 692. The molecule has 2 saturated heterocycles. The molecule has 1 aromatic rings. The zero-order chi connectivity index (χ0) is 21.0. The number of carbonyl (C=O) groups excluding carboxylic acids is 2. The number of piperazine rings is 1. The lowest BCUT2D eigenvalue weighted by atomic mass is 9.95. The van der Waals surface area contributed by atoms with E-state index in [0.717, 1.165) is 62.5 Å². The highest BCUT2D eigenvalue weighted by Gasteiger charge is 2.31. The van der Waals surface area contributed by atoms with Gasteiger partial charge in [0.2, 0.25) is 11.8 Å². The topological polar surface area (TPSA) is 81.9 Å². The van der Waals surface area contributed by atoms with Crippen LogP contribution in [0.15, 0.2) is 4.52 Å². The van der Waals surface area contributed by atoms with E-state index in [0.29, 0.717) is 19.5 Å². The maximum atomic E-state index is 13.0. The van der Waals surface area contributed by atoms with E-state index in [9.17, 15) is 9.59 Å². The Morgan fingerprint density at radius 2 is 1.90 bits per heavy atom. The van der Waals surface area contributed by atoms with Crippen molar-refractivity contribution in [2.75, 3.05) is 46.8 Å². The SMILES string of the molecule is Cc1noc(C)c1CNC1CCCC(C(=O)N2CCN(C)CC2)CC(=O)N(C)C1. The van der Waals surface area contributed by atoms with Crippen LogP contribution in [0.25, 0.3) is 0 Å². The van der Waals surface area contributed by atoms with E-state index < -0.39 is 0 Å². The summed E-state index contributed by atoms with van der Waals surface area (Å²) in [5.74, 6) is 0.848. The molecule has 0 spiro atoms. The fourth-order valence-electron chi connectivity index (χ4n) is 4.27. The second-order valence-electron chi connectivity index (χ2n) is 8.62. The Labute approximate surface area is 173 Å². The number of carbonyl (C=O) groups is 2. The van der Waals surface area contributed by atoms with Crippen LogP contribution in [0, 0.1) is 19.8 Å². The van der Waals surface area contributed by atoms with Crippen LogP contribution < -0.4 is 5.32 Å². The monoisotopic (exact) mass is 405 g/mol. The van der Waals surface area contributed by atoms with Crippen molar-refractivity contribution in [2.24, 2.45) is 5.92 Å². The number of likely N-dealkylation sites (N-methyl/N-ethyl adjacent to an activating group) is 2. The molecular weight excluding hydrogens is 370 g/mol. The van der Waals surface area contributed by atoms with Gasteiger partial charge >= 0.3 is 0 Å². The smallest absolute Gasteiger partial charge is 0.226 e. The predicted molar refractivity (Wildman–Crippen MR) is 110 cm³/mol. The number of hydrogen-bond donors (Lipinski definition) is 1. The summed E-state index contributed by atoms with van der Waals surface area (Å²) in [5.41, 5.74) is 1.99. The number of nitrogens with zero attached hydrogens (tertiary/aromatic N) is 4. The molecule has 29 heavy (non-hydrogen) atoms. The Morgan fingerprint density at radius 1 is 1.17 bits per heavy atom. The molecule has 2 fully saturated rings. The van der Waals surface area contributed by atoms with Gasteiger partial charge in [-0.15, -0.1) is 0 Å². The van der Waals surface area contributed by atoms with Gasteiger partial charge < -0.3 is 24.5 Å². The summed E-state index contributed by atoms with van der Waals surface area (Å²) in [7, 11) is 3.92. The lowest BCUT2D eigenvalue weighted by Crippen LogP contribution is -2.49. The second-order valence-corrected chi connectivity index (χ2v) is 8.62. The third-order valence-electron chi connectivity index (χ3n) is 6.36. The maximum absolute atomic E-state index is 13.0. The molecule has 0 saturated carbocycles. The van der Waals surface area contributed by atoms with Crippen molar-refractivity contribution in [3.8, 4) is 0 Å². The summed E-state index contributed by atoms with van der Waals surface area (Å²) in [6.07, 6.45) is 2.96. The summed E-state index contributed by atoms with van der Waals surface area (Å²) < 4.78 is 5.24. The van der Waals surface area contributed by atoms with Crippen molar-refractivity contribution in [3.63, 3.8) is 0 Å². The van der Waals surface area contributed by atoms with Crippen LogP contribution in [0.4, 0.5) is 0 Å². The third-order valence-corrected chi connectivity index (χ3v) is 6.36. The molecule has 2 aliphatic heterocycles. The van der Waals surface area contributed by atoms with Gasteiger partial charge in [0.25, 0.3) is 0 Å². The number of amides is 2. The fourth-order valence-corrected chi connectivity index (χ4v) is 4.27. The van der Waals surface area contributed by atoms with Gasteiger partial charge in [-0.3, -0.25) is 9.59 Å². The van der Waals surface area contributed by atoms with Crippen LogP contribution in [-0.2, 0) is 16.1 Å². The molecule has 0 radical (unpaired) electrons. The van der Waals surface area contributed by atoms with Crippen LogP contribution in [0.2, 0.25) is 0 Å². The molecule has 0 aromatic carbocycles. The van der Waals surface area contributed by atoms with E-state index in [1.165, 1.54) is 0 Å². The first-order valence-electron chi connectivity index (χ1n) is 10.7. The lowest BCUT2D eigenvalue weighted by Gasteiger charge is -2.34. The Balaban J connectivity index is 1.59. The lowest BCUT2D eigenvalue weighted by molar-refractivity contribution is -0.142. The van der Waals surface area contributed by atoms with Crippen LogP contribution in [-0.4, -0.2) is 84.5 Å². The largest absolute Gasteiger partial charge is 0.361 e. The second kappa shape index (κ2) is 9.71. The number of aryl methyl sites for hydroxylation is 2. The highest BCUT2D eigenvalue weighted by molar-refractivity contribution is 5.86. The molecule has 162 valence electrons. The zero-order valence-corrected chi connectivity index (χ0v) is 18.2. The van der Waals surface area contributed by atoms with Crippen LogP contribution in [0.5, 0.6) is 0 Å². The molecule has 2 unspecified atom stereocenters. The van der Waals surface area contributed by atoms with Crippen molar-refractivity contribution in [3.05, 3.63) is 17.0 Å². The van der Waals surface area contributed by atoms with Gasteiger partial charge in [0.05, 0.1) is 5.69 Å². The van der Waals surface area contributed by atoms with E-state index in [1.54, 1.807) is 4.90 Å². The minimum absolute atomic E-state index is 0.0588. The molecule has 3 heterocycles. The van der Waals surface area contributed by atoms with Gasteiger partial charge in [-0.05, 0) is 33.7 Å². The van der Waals surface area contributed by atoms with E-state index in [1.807, 2.05) is 25.8 Å². The Morgan fingerprint density at radius 3 is 2.55 bits per heavy atom. The summed E-state index contributed by atoms with van der Waals surface area (Å²) in [4.78, 5) is 31.7. The van der Waals surface area contributed by atoms with Crippen LogP contribution in [0.1, 0.15) is 42.7 Å². The first-order chi connectivity index (χ1) is 13.8. The van der Waals surface area contributed by atoms with E-state index in [-0.39, 0.29) is 23.8 Å². The quantitative estimate of drug-likeness (QED) is 0.810. The molecule has 8 nitrogen and oxygen atoms in total. The minimum atomic E-state index is -0.199. The molecule has 2 aliphatic rings. The number of hydrogen-bond acceptors (Lipinski definition) is 6. The van der Waals surface area contributed by atoms with Crippen molar-refractivity contribution in [1.82, 2.24) is 25.2 Å². The Kier molecular flexibility index (Phi) is 7.29. The molecule has 2 atom stereocenters. The molecule has 2 amide bonds. The van der Waals surface area contributed by atoms with Crippen molar-refractivity contribution >= 4 is 11.8 Å². The summed E-state index contributed by atoms with van der Waals surface area (Å²) in [6.45, 7) is 8.52. The zero-order valence-electron chi connectivity index (χ0n) is 18.2. The van der Waals surface area contributed by atoms with E-state index >= 15 is 0 Å². The number of rotatable bonds is 4. The Hall–Kier alpha value is -1.93. The number of aromatic nitrogens is 1. The summed E-state index contributed by atoms with van der Waals surface area (Å²) >= 11 is 0. The van der Waals surface area contributed by atoms with Gasteiger partial charge in [0, 0.05) is 70.3 Å². The highest BCUT2D eigenvalue weighted by Crippen LogP contribution is 2.22. The van der Waals surface area contributed by atoms with Crippen molar-refractivity contribution in [2.45, 2.75) is 52.1 Å². The van der Waals surface area contributed by atoms with Gasteiger partial charge in [0.1, 0.15) is 5.76 Å². The first-order valence-corrected chi connectivity index (χ1v) is 10.7. The normalized spacial score (nSPS) is 24.9.